The van der Waals surface area contributed by atoms with Gasteiger partial charge in [-0.2, -0.15) is 0 Å². The molecule has 0 spiro atoms. The lowest BCUT2D eigenvalue weighted by Crippen LogP contribution is -2.43. The molecule has 6 heteroatoms. The van der Waals surface area contributed by atoms with Gasteiger partial charge in [0, 0.05) is 6.08 Å². The van der Waals surface area contributed by atoms with Gasteiger partial charge in [-0.15, -0.1) is 5.84 Å². The normalized spacial score (nSPS) is 29.6. The second kappa shape index (κ2) is 2.35. The van der Waals surface area contributed by atoms with Crippen molar-refractivity contribution < 1.29 is 9.50 Å². The molecule has 6 nitrogen and oxygen atoms in total. The molecule has 1 unspecified atom stereocenters. The molecular formula is C7H8N5O+. The molecule has 2 heterocycles. The van der Waals surface area contributed by atoms with Gasteiger partial charge in [-0.25, -0.2) is 0 Å². The zero-order chi connectivity index (χ0) is 9.47. The number of rotatable bonds is 1. The number of primary amides is 1. The van der Waals surface area contributed by atoms with Gasteiger partial charge in [-0.05, 0) is 10.8 Å². The fraction of sp³-hybridized carbons (Fsp3) is 0. The maximum atomic E-state index is 10.8. The quantitative estimate of drug-likeness (QED) is 0.431. The molecule has 2 rings (SSSR count). The molecule has 0 aliphatic carbocycles. The number of carbonyl (C=O) groups excluding carboxylic acids is 1. The Balaban J connectivity index is 2.46. The predicted molar refractivity (Wildman–Crippen MR) is 43.8 cm³/mol. The molecule has 13 heavy (non-hydrogen) atoms. The Labute approximate surface area is 74.0 Å². The highest BCUT2D eigenvalue weighted by Crippen LogP contribution is 2.26. The summed E-state index contributed by atoms with van der Waals surface area (Å²) in [6.45, 7) is 0. The van der Waals surface area contributed by atoms with E-state index in [4.69, 9.17) is 11.6 Å². The van der Waals surface area contributed by atoms with Crippen molar-refractivity contribution in [1.29, 1.82) is 0 Å². The number of quaternary nitrogens is 1. The molecule has 1 atom stereocenters. The molecule has 4 N–H and O–H groups in total. The highest BCUT2D eigenvalue weighted by molar-refractivity contribution is 5.94. The summed E-state index contributed by atoms with van der Waals surface area (Å²) in [5, 5.41) is 7.39. The van der Waals surface area contributed by atoms with Gasteiger partial charge in [-0.3, -0.25) is 4.79 Å². The average molecular weight is 178 g/mol. The number of allylic oxidation sites excluding steroid dienone is 1. The Morgan fingerprint density at radius 1 is 1.46 bits per heavy atom. The molecule has 0 fully saturated rings. The van der Waals surface area contributed by atoms with E-state index < -0.39 is 5.91 Å². The lowest BCUT2D eigenvalue weighted by atomic mass is 10.2. The minimum Gasteiger partial charge on any atom is -0.365 e. The van der Waals surface area contributed by atoms with Crippen LogP contribution in [0.2, 0.25) is 0 Å². The lowest BCUT2D eigenvalue weighted by Gasteiger charge is -2.19. The second-order valence-electron chi connectivity index (χ2n) is 2.78. The van der Waals surface area contributed by atoms with Gasteiger partial charge < -0.3 is 5.73 Å². The van der Waals surface area contributed by atoms with Crippen molar-refractivity contribution in [3.05, 3.63) is 35.8 Å². The van der Waals surface area contributed by atoms with Crippen molar-refractivity contribution in [3.8, 4) is 0 Å². The van der Waals surface area contributed by atoms with Gasteiger partial charge in [-0.1, -0.05) is 5.11 Å². The smallest absolute Gasteiger partial charge is 0.254 e. The van der Waals surface area contributed by atoms with Crippen LogP contribution in [0.3, 0.4) is 0 Å². The first-order valence-electron chi connectivity index (χ1n) is 3.63. The summed E-state index contributed by atoms with van der Waals surface area (Å²) in [4.78, 5) is 10.8. The number of amides is 1. The molecule has 0 saturated heterocycles. The van der Waals surface area contributed by atoms with Crippen LogP contribution >= 0.6 is 0 Å². The summed E-state index contributed by atoms with van der Waals surface area (Å²) in [6, 6.07) is 0. The highest BCUT2D eigenvalue weighted by Gasteiger charge is 2.34. The van der Waals surface area contributed by atoms with E-state index in [1.54, 1.807) is 12.2 Å². The van der Waals surface area contributed by atoms with Crippen LogP contribution < -0.4 is 11.6 Å². The number of fused-ring (bicyclic) bond motifs is 1. The SMILES string of the molecule is NC(=O)C1=C[N+]2(N)N=NC=C2C=C1. The summed E-state index contributed by atoms with van der Waals surface area (Å²) in [5.41, 5.74) is 6.13. The second-order valence-corrected chi connectivity index (χ2v) is 2.78. The van der Waals surface area contributed by atoms with Crippen LogP contribution in [0.25, 0.3) is 0 Å². The Morgan fingerprint density at radius 3 is 2.92 bits per heavy atom. The van der Waals surface area contributed by atoms with E-state index in [1.807, 2.05) is 0 Å². The minimum atomic E-state index is -0.527. The first-order chi connectivity index (χ1) is 6.12. The molecule has 0 aromatic heterocycles. The molecule has 1 amide bonds. The molecule has 0 aromatic carbocycles. The third-order valence-corrected chi connectivity index (χ3v) is 1.86. The van der Waals surface area contributed by atoms with Crippen LogP contribution in [0, 0.1) is 0 Å². The van der Waals surface area contributed by atoms with Crippen LogP contribution in [-0.4, -0.2) is 10.6 Å². The van der Waals surface area contributed by atoms with E-state index in [0.29, 0.717) is 11.3 Å². The molecule has 0 radical (unpaired) electrons. The van der Waals surface area contributed by atoms with Crippen molar-refractivity contribution in [1.82, 2.24) is 0 Å². The molecule has 0 aromatic rings. The highest BCUT2D eigenvalue weighted by atomic mass is 16.1. The van der Waals surface area contributed by atoms with Crippen LogP contribution in [0.5, 0.6) is 0 Å². The number of carbonyl (C=O) groups is 1. The predicted octanol–water partition coefficient (Wildman–Crippen LogP) is -0.162. The van der Waals surface area contributed by atoms with Gasteiger partial charge in [0.2, 0.25) is 5.70 Å². The topological polar surface area (TPSA) is 93.8 Å². The van der Waals surface area contributed by atoms with E-state index in [-0.39, 0.29) is 4.70 Å². The molecule has 2 aliphatic rings. The molecule has 2 aliphatic heterocycles. The van der Waals surface area contributed by atoms with Crippen molar-refractivity contribution in [2.75, 3.05) is 0 Å². The fourth-order valence-electron chi connectivity index (χ4n) is 1.15. The minimum absolute atomic E-state index is 0.325. The van der Waals surface area contributed by atoms with Crippen LogP contribution in [0.1, 0.15) is 0 Å². The molecular weight excluding hydrogens is 170 g/mol. The monoisotopic (exact) mass is 178 g/mol. The van der Waals surface area contributed by atoms with Crippen LogP contribution in [-0.2, 0) is 4.79 Å². The third-order valence-electron chi connectivity index (χ3n) is 1.86. The molecule has 0 bridgehead atoms. The van der Waals surface area contributed by atoms with Crippen molar-refractivity contribution >= 4 is 5.91 Å². The van der Waals surface area contributed by atoms with Gasteiger partial charge in [0.25, 0.3) is 5.91 Å². The summed E-state index contributed by atoms with van der Waals surface area (Å²) in [6.07, 6.45) is 6.24. The number of nitrogens with zero attached hydrogens (tertiary/aromatic N) is 3. The lowest BCUT2D eigenvalue weighted by molar-refractivity contribution is -0.859. The Hall–Kier alpha value is -1.79. The van der Waals surface area contributed by atoms with E-state index >= 15 is 0 Å². The van der Waals surface area contributed by atoms with Crippen LogP contribution in [0.15, 0.2) is 46.2 Å². The first-order valence-corrected chi connectivity index (χ1v) is 3.63. The Bertz CT molecular complexity index is 392. The standard InChI is InChI=1S/C7H7N5O/c8-7(13)5-1-2-6-3-10-11-12(6,9)4-5/h1-4H,9H2,(H-,8,13)/p+1. The van der Waals surface area contributed by atoms with Crippen LogP contribution in [0.4, 0.5) is 0 Å². The summed E-state index contributed by atoms with van der Waals surface area (Å²) in [5.74, 6) is 5.24. The van der Waals surface area contributed by atoms with E-state index in [1.165, 1.54) is 12.4 Å². The van der Waals surface area contributed by atoms with Crippen molar-refractivity contribution in [2.45, 2.75) is 0 Å². The van der Waals surface area contributed by atoms with Gasteiger partial charge >= 0.3 is 0 Å². The third kappa shape index (κ3) is 1.08. The summed E-state index contributed by atoms with van der Waals surface area (Å²) in [7, 11) is 0. The Kier molecular flexibility index (Phi) is 1.42. The van der Waals surface area contributed by atoms with E-state index in [0.717, 1.165) is 0 Å². The zero-order valence-electron chi connectivity index (χ0n) is 6.71. The summed E-state index contributed by atoms with van der Waals surface area (Å²) < 4.78 is -0.325. The average Bonchev–Trinajstić information content (AvgIpc) is 2.44. The van der Waals surface area contributed by atoms with Gasteiger partial charge in [0.15, 0.2) is 6.20 Å². The number of nitrogens with two attached hydrogens (primary N) is 2. The molecule has 0 saturated carbocycles. The maximum absolute atomic E-state index is 10.8. The number of hydrogen-bond acceptors (Lipinski definition) is 4. The van der Waals surface area contributed by atoms with Crippen molar-refractivity contribution in [3.63, 3.8) is 0 Å². The van der Waals surface area contributed by atoms with Gasteiger partial charge in [0.1, 0.15) is 6.20 Å². The largest absolute Gasteiger partial charge is 0.365 e. The number of hydrogen-bond donors (Lipinski definition) is 2. The summed E-state index contributed by atoms with van der Waals surface area (Å²) >= 11 is 0. The Morgan fingerprint density at radius 2 is 2.23 bits per heavy atom. The van der Waals surface area contributed by atoms with Gasteiger partial charge in [0.05, 0.1) is 10.8 Å². The maximum Gasteiger partial charge on any atom is 0.254 e. The fourth-order valence-corrected chi connectivity index (χ4v) is 1.15. The van der Waals surface area contributed by atoms with Crippen molar-refractivity contribution in [2.24, 2.45) is 21.9 Å². The zero-order valence-corrected chi connectivity index (χ0v) is 6.71. The first kappa shape index (κ1) is 7.84. The molecule has 66 valence electrons. The van der Waals surface area contributed by atoms with E-state index in [9.17, 15) is 4.79 Å². The van der Waals surface area contributed by atoms with E-state index in [2.05, 4.69) is 10.3 Å².